The van der Waals surface area contributed by atoms with Crippen LogP contribution in [0.2, 0.25) is 0 Å². The summed E-state index contributed by atoms with van der Waals surface area (Å²) in [5, 5.41) is 0. The number of nitrogens with two attached hydrogens (primary N) is 2. The van der Waals surface area contributed by atoms with Gasteiger partial charge in [-0.1, -0.05) is 48.5 Å². The fraction of sp³-hybridized carbons (Fsp3) is 0.857. The molecule has 1 atom stereocenters. The minimum absolute atomic E-state index is 0.0211. The van der Waals surface area contributed by atoms with Crippen molar-refractivity contribution in [2.75, 3.05) is 26.4 Å². The Bertz CT molecular complexity index is 423. The van der Waals surface area contributed by atoms with Crippen LogP contribution in [-0.2, 0) is 28.6 Å². The van der Waals surface area contributed by atoms with E-state index in [0.29, 0.717) is 44.0 Å². The van der Waals surface area contributed by atoms with Crippen molar-refractivity contribution < 1.29 is 28.6 Å². The van der Waals surface area contributed by atoms with Gasteiger partial charge in [0.25, 0.3) is 0 Å². The van der Waals surface area contributed by atoms with E-state index in [1.165, 1.54) is 0 Å². The highest BCUT2D eigenvalue weighted by Gasteiger charge is 2.08. The van der Waals surface area contributed by atoms with Crippen molar-refractivity contribution in [1.29, 1.82) is 0 Å². The number of rotatable bonds is 10. The van der Waals surface area contributed by atoms with Crippen LogP contribution >= 0.6 is 0 Å². The Balaban J connectivity index is -0.000000350. The van der Waals surface area contributed by atoms with Gasteiger partial charge in [-0.15, -0.1) is 0 Å². The monoisotopic (exact) mass is 420 g/mol. The van der Waals surface area contributed by atoms with Gasteiger partial charge >= 0.3 is 17.9 Å². The van der Waals surface area contributed by atoms with Crippen LogP contribution in [0, 0.1) is 17.8 Å². The van der Waals surface area contributed by atoms with Gasteiger partial charge in [0.05, 0.1) is 26.4 Å². The molecule has 0 heterocycles. The summed E-state index contributed by atoms with van der Waals surface area (Å²) in [6, 6.07) is -0.501. The summed E-state index contributed by atoms with van der Waals surface area (Å²) in [5.41, 5.74) is 10.2. The van der Waals surface area contributed by atoms with Crippen molar-refractivity contribution in [3.63, 3.8) is 0 Å². The lowest BCUT2D eigenvalue weighted by molar-refractivity contribution is -0.146. The zero-order valence-electron chi connectivity index (χ0n) is 19.7. The zero-order chi connectivity index (χ0) is 23.4. The van der Waals surface area contributed by atoms with E-state index in [-0.39, 0.29) is 24.5 Å². The molecule has 0 aliphatic heterocycles. The van der Waals surface area contributed by atoms with Crippen molar-refractivity contribution in [3.8, 4) is 0 Å². The van der Waals surface area contributed by atoms with Crippen molar-refractivity contribution in [3.05, 3.63) is 0 Å². The van der Waals surface area contributed by atoms with Gasteiger partial charge in [-0.05, 0) is 31.1 Å². The molecule has 0 bridgehead atoms. The first-order valence-electron chi connectivity index (χ1n) is 10.3. The standard InChI is InChI=1S/C8H16O2.C7H15NO2.C6H13NO2/c1-4-5-8(9)10-6-7(2)3;1-5(2)4-10-7(9)6(3)8;1-5(2)4-9-6(8)3-7/h7H,4-6H2,1-3H3;5-6H,4,8H2,1-3H3;5H,3-4,7H2,1-2H3/t;6-;/m.1./s1. The maximum absolute atomic E-state index is 10.7. The molecule has 0 spiro atoms. The lowest BCUT2D eigenvalue weighted by Gasteiger charge is -2.08. The van der Waals surface area contributed by atoms with E-state index in [4.69, 9.17) is 20.9 Å². The van der Waals surface area contributed by atoms with Gasteiger partial charge < -0.3 is 25.7 Å². The number of carbonyl (C=O) groups excluding carboxylic acids is 3. The maximum atomic E-state index is 10.7. The molecule has 0 unspecified atom stereocenters. The third-order valence-corrected chi connectivity index (χ3v) is 2.71. The first-order chi connectivity index (χ1) is 13.4. The van der Waals surface area contributed by atoms with E-state index < -0.39 is 6.04 Å². The molecule has 0 aliphatic carbocycles. The molecule has 0 rings (SSSR count). The fourth-order valence-electron chi connectivity index (χ4n) is 1.23. The van der Waals surface area contributed by atoms with Crippen LogP contribution in [0.15, 0.2) is 0 Å². The Hall–Kier alpha value is -1.67. The van der Waals surface area contributed by atoms with Crippen molar-refractivity contribution >= 4 is 17.9 Å². The lowest BCUT2D eigenvalue weighted by Crippen LogP contribution is -2.29. The second kappa shape index (κ2) is 21.0. The molecule has 0 fully saturated rings. The van der Waals surface area contributed by atoms with E-state index >= 15 is 0 Å². The quantitative estimate of drug-likeness (QED) is 0.407. The first-order valence-corrected chi connectivity index (χ1v) is 10.3. The van der Waals surface area contributed by atoms with Crippen LogP contribution in [0.25, 0.3) is 0 Å². The van der Waals surface area contributed by atoms with E-state index in [0.717, 1.165) is 6.42 Å². The summed E-state index contributed by atoms with van der Waals surface area (Å²) in [4.78, 5) is 31.8. The van der Waals surface area contributed by atoms with Crippen molar-refractivity contribution in [2.24, 2.45) is 29.2 Å². The molecule has 0 aromatic heterocycles. The summed E-state index contributed by atoms with van der Waals surface area (Å²) in [7, 11) is 0. The number of esters is 3. The average molecular weight is 421 g/mol. The van der Waals surface area contributed by atoms with E-state index in [9.17, 15) is 14.4 Å². The molecular formula is C21H44N2O6. The normalized spacial score (nSPS) is 11.1. The van der Waals surface area contributed by atoms with E-state index in [2.05, 4.69) is 4.74 Å². The van der Waals surface area contributed by atoms with Crippen molar-refractivity contribution in [2.45, 2.75) is 74.3 Å². The van der Waals surface area contributed by atoms with E-state index in [1.54, 1.807) is 6.92 Å². The fourth-order valence-corrected chi connectivity index (χ4v) is 1.23. The summed E-state index contributed by atoms with van der Waals surface area (Å²) < 4.78 is 14.4. The van der Waals surface area contributed by atoms with Gasteiger partial charge in [0.1, 0.15) is 6.04 Å². The number of ether oxygens (including phenoxy) is 3. The first kappa shape index (κ1) is 32.0. The average Bonchev–Trinajstić information content (AvgIpc) is 2.63. The van der Waals surface area contributed by atoms with Gasteiger partial charge in [0, 0.05) is 6.42 Å². The topological polar surface area (TPSA) is 131 Å². The number of hydrogen-bond acceptors (Lipinski definition) is 8. The highest BCUT2D eigenvalue weighted by Crippen LogP contribution is 1.96. The SMILES string of the molecule is CC(C)COC(=O)CN.CC(C)COC(=O)[C@@H](C)N.CCCC(=O)OCC(C)C. The van der Waals surface area contributed by atoms with Crippen LogP contribution < -0.4 is 11.5 Å². The van der Waals surface area contributed by atoms with Gasteiger partial charge in [-0.2, -0.15) is 0 Å². The molecule has 0 aromatic carbocycles. The highest BCUT2D eigenvalue weighted by molar-refractivity contribution is 5.74. The summed E-state index contributed by atoms with van der Waals surface area (Å²) >= 11 is 0. The predicted molar refractivity (Wildman–Crippen MR) is 115 cm³/mol. The Kier molecular flexibility index (Phi) is 23.2. The van der Waals surface area contributed by atoms with Gasteiger partial charge in [-0.25, -0.2) is 0 Å². The highest BCUT2D eigenvalue weighted by atomic mass is 16.5. The lowest BCUT2D eigenvalue weighted by atomic mass is 10.2. The molecule has 0 aromatic rings. The molecule has 8 heteroatoms. The van der Waals surface area contributed by atoms with Gasteiger partial charge in [0.2, 0.25) is 0 Å². The zero-order valence-corrected chi connectivity index (χ0v) is 19.7. The molecule has 0 amide bonds. The van der Waals surface area contributed by atoms with Crippen LogP contribution in [-0.4, -0.2) is 50.3 Å². The maximum Gasteiger partial charge on any atom is 0.322 e. The minimum atomic E-state index is -0.501. The number of carbonyl (C=O) groups is 3. The molecule has 0 saturated heterocycles. The van der Waals surface area contributed by atoms with Gasteiger partial charge in [0.15, 0.2) is 0 Å². The van der Waals surface area contributed by atoms with Crippen molar-refractivity contribution in [1.82, 2.24) is 0 Å². The third-order valence-electron chi connectivity index (χ3n) is 2.71. The molecule has 0 radical (unpaired) electrons. The minimum Gasteiger partial charge on any atom is -0.465 e. The molecule has 0 saturated carbocycles. The van der Waals surface area contributed by atoms with Crippen LogP contribution in [0.1, 0.15) is 68.2 Å². The number of hydrogen-bond donors (Lipinski definition) is 2. The Morgan fingerprint density at radius 1 is 0.724 bits per heavy atom. The molecule has 174 valence electrons. The molecule has 0 aliphatic rings. The summed E-state index contributed by atoms with van der Waals surface area (Å²) in [6.07, 6.45) is 1.42. The molecule has 8 nitrogen and oxygen atoms in total. The predicted octanol–water partition coefficient (Wildman–Crippen LogP) is 2.66. The Labute approximate surface area is 177 Å². The second-order valence-corrected chi connectivity index (χ2v) is 7.92. The smallest absolute Gasteiger partial charge is 0.322 e. The molecule has 29 heavy (non-hydrogen) atoms. The van der Waals surface area contributed by atoms with Crippen LogP contribution in [0.4, 0.5) is 0 Å². The van der Waals surface area contributed by atoms with Crippen LogP contribution in [0.5, 0.6) is 0 Å². The molecule has 4 N–H and O–H groups in total. The van der Waals surface area contributed by atoms with Gasteiger partial charge in [-0.3, -0.25) is 14.4 Å². The Morgan fingerprint density at radius 3 is 1.41 bits per heavy atom. The largest absolute Gasteiger partial charge is 0.465 e. The Morgan fingerprint density at radius 2 is 1.10 bits per heavy atom. The van der Waals surface area contributed by atoms with E-state index in [1.807, 2.05) is 48.5 Å². The second-order valence-electron chi connectivity index (χ2n) is 7.92. The third kappa shape index (κ3) is 31.3. The van der Waals surface area contributed by atoms with Crippen LogP contribution in [0.3, 0.4) is 0 Å². The summed E-state index contributed by atoms with van der Waals surface area (Å²) in [6.45, 7) is 17.0. The summed E-state index contributed by atoms with van der Waals surface area (Å²) in [5.74, 6) is 0.484. The molecular weight excluding hydrogens is 376 g/mol.